The van der Waals surface area contributed by atoms with Gasteiger partial charge in [0.1, 0.15) is 0 Å². The summed E-state index contributed by atoms with van der Waals surface area (Å²) >= 11 is 0. The van der Waals surface area contributed by atoms with Gasteiger partial charge >= 0.3 is 0 Å². The first kappa shape index (κ1) is 11.2. The van der Waals surface area contributed by atoms with Gasteiger partial charge < -0.3 is 5.43 Å². The Hall–Kier alpha value is -0.760. The van der Waals surface area contributed by atoms with Gasteiger partial charge in [0.15, 0.2) is 0 Å². The highest BCUT2D eigenvalue weighted by Gasteiger charge is 2.12. The fourth-order valence-corrected chi connectivity index (χ4v) is 1.04. The molecule has 0 fully saturated rings. The zero-order valence-electron chi connectivity index (χ0n) is 8.57. The lowest BCUT2D eigenvalue weighted by Crippen LogP contribution is -2.22. The van der Waals surface area contributed by atoms with Crippen LogP contribution in [0.4, 0.5) is 0 Å². The van der Waals surface area contributed by atoms with E-state index in [1.807, 2.05) is 19.3 Å². The topological polar surface area (TPSA) is 24.1 Å². The molecule has 0 aromatic rings. The van der Waals surface area contributed by atoms with Crippen molar-refractivity contribution in [1.29, 1.82) is 0 Å². The maximum Gasteiger partial charge on any atom is 0.0114 e. The Kier molecular flexibility index (Phi) is 4.67. The van der Waals surface area contributed by atoms with Crippen LogP contribution in [-0.4, -0.2) is 7.05 Å². The maximum atomic E-state index is 3.80. The van der Waals surface area contributed by atoms with Crippen molar-refractivity contribution in [1.82, 2.24) is 10.9 Å². The van der Waals surface area contributed by atoms with E-state index < -0.39 is 0 Å². The molecule has 0 saturated heterocycles. The van der Waals surface area contributed by atoms with Crippen molar-refractivity contribution >= 4 is 0 Å². The van der Waals surface area contributed by atoms with Crippen LogP contribution in [0.5, 0.6) is 0 Å². The van der Waals surface area contributed by atoms with Crippen LogP contribution in [0.2, 0.25) is 0 Å². The predicted octanol–water partition coefficient (Wildman–Crippen LogP) is 2.22. The van der Waals surface area contributed by atoms with E-state index in [9.17, 15) is 0 Å². The van der Waals surface area contributed by atoms with Crippen LogP contribution in [0.25, 0.3) is 0 Å². The van der Waals surface area contributed by atoms with E-state index in [0.717, 1.165) is 6.42 Å². The highest BCUT2D eigenvalue weighted by atomic mass is 15.3. The Labute approximate surface area is 75.7 Å². The summed E-state index contributed by atoms with van der Waals surface area (Å²) in [4.78, 5) is 0. The molecular weight excluding hydrogens is 148 g/mol. The van der Waals surface area contributed by atoms with E-state index in [4.69, 9.17) is 0 Å². The van der Waals surface area contributed by atoms with Crippen molar-refractivity contribution < 1.29 is 0 Å². The van der Waals surface area contributed by atoms with Crippen LogP contribution in [0.15, 0.2) is 24.4 Å². The molecule has 0 unspecified atom stereocenters. The van der Waals surface area contributed by atoms with Gasteiger partial charge in [-0.2, -0.15) is 0 Å². The third-order valence-corrected chi connectivity index (χ3v) is 1.75. The molecule has 0 radical (unpaired) electrons. The fourth-order valence-electron chi connectivity index (χ4n) is 1.04. The summed E-state index contributed by atoms with van der Waals surface area (Å²) in [5, 5.41) is 0. The second kappa shape index (κ2) is 4.99. The number of nitrogens with one attached hydrogen (secondary N) is 2. The average Bonchev–Trinajstić information content (AvgIpc) is 2.00. The minimum atomic E-state index is 0.190. The molecule has 0 bridgehead atoms. The van der Waals surface area contributed by atoms with Crippen LogP contribution in [0, 0.1) is 5.41 Å². The zero-order valence-corrected chi connectivity index (χ0v) is 8.57. The number of hydrazine groups is 1. The van der Waals surface area contributed by atoms with E-state index in [1.54, 1.807) is 0 Å². The Morgan fingerprint density at radius 3 is 2.50 bits per heavy atom. The highest BCUT2D eigenvalue weighted by Crippen LogP contribution is 2.25. The summed E-state index contributed by atoms with van der Waals surface area (Å²) in [6.45, 7) is 10.3. The summed E-state index contributed by atoms with van der Waals surface area (Å²) in [6, 6.07) is 0. The van der Waals surface area contributed by atoms with Crippen LogP contribution in [0.1, 0.15) is 27.2 Å². The van der Waals surface area contributed by atoms with Crippen LogP contribution < -0.4 is 10.9 Å². The van der Waals surface area contributed by atoms with Gasteiger partial charge in [0, 0.05) is 13.2 Å². The molecule has 0 aliphatic carbocycles. The molecule has 0 heterocycles. The fraction of sp³-hybridized carbons (Fsp3) is 0.600. The van der Waals surface area contributed by atoms with E-state index in [0.29, 0.717) is 0 Å². The molecule has 2 heteroatoms. The zero-order chi connectivity index (χ0) is 9.61. The number of hydrogen-bond donors (Lipinski definition) is 2. The second-order valence-electron chi connectivity index (χ2n) is 3.75. The summed E-state index contributed by atoms with van der Waals surface area (Å²) in [5.74, 6) is 0. The van der Waals surface area contributed by atoms with Crippen molar-refractivity contribution in [2.24, 2.45) is 5.41 Å². The summed E-state index contributed by atoms with van der Waals surface area (Å²) in [6.07, 6.45) is 5.00. The first-order valence-corrected chi connectivity index (χ1v) is 4.23. The smallest absolute Gasteiger partial charge is 0.0114 e. The molecule has 0 aromatic carbocycles. The quantitative estimate of drug-likeness (QED) is 0.486. The number of allylic oxidation sites excluding steroid dienone is 2. The van der Waals surface area contributed by atoms with E-state index in [1.165, 1.54) is 5.57 Å². The molecule has 0 rings (SSSR count). The molecule has 0 atom stereocenters. The third-order valence-electron chi connectivity index (χ3n) is 1.75. The molecule has 70 valence electrons. The third kappa shape index (κ3) is 4.97. The van der Waals surface area contributed by atoms with Gasteiger partial charge in [-0.25, -0.2) is 5.43 Å². The van der Waals surface area contributed by atoms with E-state index in [2.05, 4.69) is 38.2 Å². The van der Waals surface area contributed by atoms with Crippen molar-refractivity contribution in [3.8, 4) is 0 Å². The van der Waals surface area contributed by atoms with Gasteiger partial charge in [-0.05, 0) is 18.8 Å². The molecule has 0 aromatic heterocycles. The van der Waals surface area contributed by atoms with Crippen LogP contribution in [-0.2, 0) is 0 Å². The lowest BCUT2D eigenvalue weighted by atomic mass is 9.87. The Morgan fingerprint density at radius 2 is 2.08 bits per heavy atom. The summed E-state index contributed by atoms with van der Waals surface area (Å²) in [5.41, 5.74) is 7.30. The van der Waals surface area contributed by atoms with Crippen LogP contribution in [0.3, 0.4) is 0 Å². The van der Waals surface area contributed by atoms with Crippen LogP contribution >= 0.6 is 0 Å². The van der Waals surface area contributed by atoms with Gasteiger partial charge in [0.05, 0.1) is 0 Å². The summed E-state index contributed by atoms with van der Waals surface area (Å²) in [7, 11) is 1.85. The van der Waals surface area contributed by atoms with E-state index >= 15 is 0 Å². The molecular formula is C10H20N2. The second-order valence-corrected chi connectivity index (χ2v) is 3.75. The first-order valence-electron chi connectivity index (χ1n) is 4.23. The Balaban J connectivity index is 3.98. The normalized spacial score (nSPS) is 12.8. The van der Waals surface area contributed by atoms with Gasteiger partial charge in [0.2, 0.25) is 0 Å². The van der Waals surface area contributed by atoms with Crippen molar-refractivity contribution in [3.05, 3.63) is 24.4 Å². The lowest BCUT2D eigenvalue weighted by molar-refractivity contribution is 0.474. The predicted molar refractivity (Wildman–Crippen MR) is 54.5 cm³/mol. The van der Waals surface area contributed by atoms with Gasteiger partial charge in [-0.1, -0.05) is 25.5 Å². The maximum absolute atomic E-state index is 3.80. The molecule has 2 nitrogen and oxygen atoms in total. The standard InChI is InChI=1S/C10H20N2/c1-6-10(3,4)7-9(2)8-12-11-5/h6,8,11-12H,1,7H2,2-5H3/b9-8+. The van der Waals surface area contributed by atoms with Crippen molar-refractivity contribution in [2.45, 2.75) is 27.2 Å². The van der Waals surface area contributed by atoms with Crippen molar-refractivity contribution in [2.75, 3.05) is 7.05 Å². The monoisotopic (exact) mass is 168 g/mol. The minimum Gasteiger partial charge on any atom is -0.329 e. The highest BCUT2D eigenvalue weighted by molar-refractivity contribution is 5.04. The first-order chi connectivity index (χ1) is 5.52. The summed E-state index contributed by atoms with van der Waals surface area (Å²) < 4.78 is 0. The largest absolute Gasteiger partial charge is 0.329 e. The molecule has 0 aliphatic rings. The van der Waals surface area contributed by atoms with Gasteiger partial charge in [0.25, 0.3) is 0 Å². The number of hydrogen-bond acceptors (Lipinski definition) is 2. The Morgan fingerprint density at radius 1 is 1.50 bits per heavy atom. The lowest BCUT2D eigenvalue weighted by Gasteiger charge is -2.19. The molecule has 0 spiro atoms. The molecule has 2 N–H and O–H groups in total. The minimum absolute atomic E-state index is 0.190. The Bertz CT molecular complexity index is 169. The molecule has 0 saturated carbocycles. The van der Waals surface area contributed by atoms with Gasteiger partial charge in [-0.3, -0.25) is 0 Å². The van der Waals surface area contributed by atoms with E-state index in [-0.39, 0.29) is 5.41 Å². The van der Waals surface area contributed by atoms with Crippen molar-refractivity contribution in [3.63, 3.8) is 0 Å². The average molecular weight is 168 g/mol. The van der Waals surface area contributed by atoms with Gasteiger partial charge in [-0.15, -0.1) is 6.58 Å². The number of rotatable bonds is 5. The molecule has 0 aliphatic heterocycles. The molecule has 12 heavy (non-hydrogen) atoms. The molecule has 0 amide bonds. The SMILES string of the molecule is C=CC(C)(C)C/C(C)=C/NNC.